The molecule has 6 nitrogen and oxygen atoms in total. The third kappa shape index (κ3) is 3.51. The third-order valence-corrected chi connectivity index (χ3v) is 4.20. The monoisotopic (exact) mass is 386 g/mol. The van der Waals surface area contributed by atoms with Gasteiger partial charge in [-0.05, 0) is 36.8 Å². The lowest BCUT2D eigenvalue weighted by Gasteiger charge is -2.14. The van der Waals surface area contributed by atoms with E-state index in [0.717, 1.165) is 14.7 Å². The van der Waals surface area contributed by atoms with Gasteiger partial charge in [-0.2, -0.15) is 0 Å². The van der Waals surface area contributed by atoms with E-state index in [9.17, 15) is 9.59 Å². The summed E-state index contributed by atoms with van der Waals surface area (Å²) in [4.78, 5) is 24.5. The second kappa shape index (κ2) is 6.92. The first-order chi connectivity index (χ1) is 11.5. The molecular formula is C17H15BrN4O2. The molecule has 3 aromatic rings. The van der Waals surface area contributed by atoms with E-state index in [4.69, 9.17) is 0 Å². The Hall–Kier alpha value is -2.54. The van der Waals surface area contributed by atoms with Crippen LogP contribution in [0.4, 0.5) is 0 Å². The lowest BCUT2D eigenvalue weighted by Crippen LogP contribution is -2.35. The van der Waals surface area contributed by atoms with E-state index in [0.29, 0.717) is 10.9 Å². The van der Waals surface area contributed by atoms with Crippen molar-refractivity contribution >= 4 is 32.7 Å². The molecule has 0 bridgehead atoms. The van der Waals surface area contributed by atoms with E-state index >= 15 is 0 Å². The number of nitrogens with zero attached hydrogens (tertiary/aromatic N) is 3. The number of amides is 1. The summed E-state index contributed by atoms with van der Waals surface area (Å²) in [5.74, 6) is -0.294. The molecule has 122 valence electrons. The van der Waals surface area contributed by atoms with Crippen molar-refractivity contribution < 1.29 is 4.79 Å². The van der Waals surface area contributed by atoms with E-state index in [1.54, 1.807) is 24.3 Å². The van der Waals surface area contributed by atoms with Crippen LogP contribution in [0, 0.1) is 0 Å². The van der Waals surface area contributed by atoms with Crippen molar-refractivity contribution in [3.8, 4) is 0 Å². The van der Waals surface area contributed by atoms with Crippen molar-refractivity contribution in [1.82, 2.24) is 20.3 Å². The van der Waals surface area contributed by atoms with E-state index in [1.165, 1.54) is 0 Å². The fraction of sp³-hybridized carbons (Fsp3) is 0.176. The molecule has 0 aliphatic carbocycles. The SMILES string of the molecule is CC(NC(=O)Cn1nnc2ccccc2c1=O)c1ccc(Br)cc1. The second-order valence-corrected chi connectivity index (χ2v) is 6.33. The summed E-state index contributed by atoms with van der Waals surface area (Å²) in [6, 6.07) is 14.4. The first kappa shape index (κ1) is 16.3. The fourth-order valence-electron chi connectivity index (χ4n) is 2.38. The summed E-state index contributed by atoms with van der Waals surface area (Å²) in [7, 11) is 0. The van der Waals surface area contributed by atoms with Gasteiger partial charge in [0.05, 0.1) is 11.4 Å². The first-order valence-corrected chi connectivity index (χ1v) is 8.21. The van der Waals surface area contributed by atoms with Gasteiger partial charge in [-0.1, -0.05) is 45.4 Å². The van der Waals surface area contributed by atoms with Crippen molar-refractivity contribution in [1.29, 1.82) is 0 Å². The summed E-state index contributed by atoms with van der Waals surface area (Å²) in [6.07, 6.45) is 0. The van der Waals surface area contributed by atoms with Crippen LogP contribution in [0.2, 0.25) is 0 Å². The molecule has 1 aromatic heterocycles. The number of benzene rings is 2. The molecule has 1 atom stereocenters. The van der Waals surface area contributed by atoms with Crippen LogP contribution in [0.5, 0.6) is 0 Å². The summed E-state index contributed by atoms with van der Waals surface area (Å²) in [5.41, 5.74) is 1.16. The molecule has 0 fully saturated rings. The highest BCUT2D eigenvalue weighted by Gasteiger charge is 2.12. The average molecular weight is 387 g/mol. The van der Waals surface area contributed by atoms with Crippen molar-refractivity contribution in [3.63, 3.8) is 0 Å². The molecule has 3 rings (SSSR count). The number of carbonyl (C=O) groups is 1. The van der Waals surface area contributed by atoms with Gasteiger partial charge < -0.3 is 5.32 Å². The van der Waals surface area contributed by atoms with Crippen LogP contribution in [-0.4, -0.2) is 20.9 Å². The molecule has 0 radical (unpaired) electrons. The molecule has 1 N–H and O–H groups in total. The molecule has 0 spiro atoms. The van der Waals surface area contributed by atoms with Crippen molar-refractivity contribution in [3.05, 3.63) is 68.9 Å². The Kier molecular flexibility index (Phi) is 4.71. The lowest BCUT2D eigenvalue weighted by atomic mass is 10.1. The van der Waals surface area contributed by atoms with Crippen LogP contribution in [-0.2, 0) is 11.3 Å². The summed E-state index contributed by atoms with van der Waals surface area (Å²) in [5, 5.41) is 11.1. The fourth-order valence-corrected chi connectivity index (χ4v) is 2.65. The Morgan fingerprint density at radius 2 is 1.92 bits per heavy atom. The van der Waals surface area contributed by atoms with Gasteiger partial charge in [0.15, 0.2) is 0 Å². The standard InChI is InChI=1S/C17H15BrN4O2/c1-11(12-6-8-13(18)9-7-12)19-16(23)10-22-17(24)14-4-2-3-5-15(14)20-21-22/h2-9,11H,10H2,1H3,(H,19,23). The number of fused-ring (bicyclic) bond motifs is 1. The van der Waals surface area contributed by atoms with Gasteiger partial charge in [-0.3, -0.25) is 9.59 Å². The summed E-state index contributed by atoms with van der Waals surface area (Å²) >= 11 is 3.38. The Bertz CT molecular complexity index is 937. The highest BCUT2D eigenvalue weighted by atomic mass is 79.9. The predicted octanol–water partition coefficient (Wildman–Crippen LogP) is 2.43. The molecule has 1 amide bonds. The zero-order valence-electron chi connectivity index (χ0n) is 12.9. The molecule has 0 aliphatic rings. The molecular weight excluding hydrogens is 372 g/mol. The van der Waals surface area contributed by atoms with Gasteiger partial charge in [0.1, 0.15) is 12.1 Å². The van der Waals surface area contributed by atoms with Crippen LogP contribution in [0.15, 0.2) is 57.8 Å². The van der Waals surface area contributed by atoms with Gasteiger partial charge in [0, 0.05) is 4.47 Å². The largest absolute Gasteiger partial charge is 0.348 e. The van der Waals surface area contributed by atoms with Crippen LogP contribution in [0.1, 0.15) is 18.5 Å². The minimum absolute atomic E-state index is 0.169. The summed E-state index contributed by atoms with van der Waals surface area (Å²) in [6.45, 7) is 1.72. The Labute approximate surface area is 146 Å². The quantitative estimate of drug-likeness (QED) is 0.746. The van der Waals surface area contributed by atoms with Gasteiger partial charge in [-0.25, -0.2) is 4.68 Å². The van der Waals surface area contributed by atoms with Gasteiger partial charge >= 0.3 is 0 Å². The van der Waals surface area contributed by atoms with Crippen LogP contribution in [0.3, 0.4) is 0 Å². The van der Waals surface area contributed by atoms with Gasteiger partial charge in [-0.15, -0.1) is 5.10 Å². The maximum atomic E-state index is 12.3. The molecule has 2 aromatic carbocycles. The number of carbonyl (C=O) groups excluding carboxylic acids is 1. The second-order valence-electron chi connectivity index (χ2n) is 5.41. The Balaban J connectivity index is 1.74. The van der Waals surface area contributed by atoms with Crippen LogP contribution in [0.25, 0.3) is 10.9 Å². The number of halogens is 1. The number of aromatic nitrogens is 3. The smallest absolute Gasteiger partial charge is 0.278 e. The molecule has 1 unspecified atom stereocenters. The highest BCUT2D eigenvalue weighted by Crippen LogP contribution is 2.16. The van der Waals surface area contributed by atoms with E-state index in [-0.39, 0.29) is 24.1 Å². The Morgan fingerprint density at radius 1 is 1.21 bits per heavy atom. The van der Waals surface area contributed by atoms with Gasteiger partial charge in [0.2, 0.25) is 5.91 Å². The van der Waals surface area contributed by atoms with Crippen molar-refractivity contribution in [2.24, 2.45) is 0 Å². The minimum atomic E-state index is -0.327. The van der Waals surface area contributed by atoms with Crippen molar-refractivity contribution in [2.75, 3.05) is 0 Å². The lowest BCUT2D eigenvalue weighted by molar-refractivity contribution is -0.122. The van der Waals surface area contributed by atoms with E-state index in [1.807, 2.05) is 31.2 Å². The third-order valence-electron chi connectivity index (χ3n) is 3.67. The van der Waals surface area contributed by atoms with Gasteiger partial charge in [0.25, 0.3) is 5.56 Å². The summed E-state index contributed by atoms with van der Waals surface area (Å²) < 4.78 is 2.05. The number of hydrogen-bond donors (Lipinski definition) is 1. The van der Waals surface area contributed by atoms with Crippen LogP contribution < -0.4 is 10.9 Å². The predicted molar refractivity (Wildman–Crippen MR) is 94.5 cm³/mol. The average Bonchev–Trinajstić information content (AvgIpc) is 2.58. The topological polar surface area (TPSA) is 76.9 Å². The highest BCUT2D eigenvalue weighted by molar-refractivity contribution is 9.10. The first-order valence-electron chi connectivity index (χ1n) is 7.42. The maximum Gasteiger partial charge on any atom is 0.278 e. The molecule has 7 heteroatoms. The number of nitrogens with one attached hydrogen (secondary N) is 1. The Morgan fingerprint density at radius 3 is 2.67 bits per heavy atom. The van der Waals surface area contributed by atoms with Crippen LogP contribution >= 0.6 is 15.9 Å². The van der Waals surface area contributed by atoms with E-state index < -0.39 is 0 Å². The van der Waals surface area contributed by atoms with Crippen molar-refractivity contribution in [2.45, 2.75) is 19.5 Å². The van der Waals surface area contributed by atoms with E-state index in [2.05, 4.69) is 31.6 Å². The molecule has 0 saturated carbocycles. The maximum absolute atomic E-state index is 12.3. The molecule has 24 heavy (non-hydrogen) atoms. The zero-order chi connectivity index (χ0) is 17.1. The normalized spacial score (nSPS) is 12.1. The number of hydrogen-bond acceptors (Lipinski definition) is 4. The molecule has 0 saturated heterocycles. The molecule has 0 aliphatic heterocycles. The minimum Gasteiger partial charge on any atom is -0.348 e. The molecule has 1 heterocycles. The number of rotatable bonds is 4. The zero-order valence-corrected chi connectivity index (χ0v) is 14.5.